The zero-order valence-electron chi connectivity index (χ0n) is 15.4. The first-order valence-electron chi connectivity index (χ1n) is 9.54. The summed E-state index contributed by atoms with van der Waals surface area (Å²) in [6, 6.07) is 4.34. The van der Waals surface area contributed by atoms with Gasteiger partial charge >= 0.3 is 0 Å². The second kappa shape index (κ2) is 9.71. The quantitative estimate of drug-likeness (QED) is 0.562. The molecular weight excluding hydrogens is 346 g/mol. The number of nitrogens with zero attached hydrogens (tertiary/aromatic N) is 4. The predicted octanol–water partition coefficient (Wildman–Crippen LogP) is 3.85. The summed E-state index contributed by atoms with van der Waals surface area (Å²) in [4.78, 5) is 16.3. The lowest BCUT2D eigenvalue weighted by molar-refractivity contribution is -0.118. The first-order valence-corrected chi connectivity index (χ1v) is 10.5. The number of carbonyl (C=O) groups excluding carboxylic acids is 1. The number of amides is 1. The molecule has 0 atom stereocenters. The van der Waals surface area contributed by atoms with Crippen molar-refractivity contribution in [1.29, 1.82) is 0 Å². The Morgan fingerprint density at radius 3 is 2.88 bits per heavy atom. The second-order valence-electron chi connectivity index (χ2n) is 6.70. The van der Waals surface area contributed by atoms with Gasteiger partial charge in [0.15, 0.2) is 11.0 Å². The van der Waals surface area contributed by atoms with Crippen molar-refractivity contribution in [2.24, 2.45) is 0 Å². The normalized spacial score (nSPS) is 15.1. The van der Waals surface area contributed by atoms with Crippen LogP contribution >= 0.6 is 11.8 Å². The number of nitrogens with one attached hydrogen (secondary N) is 1. The van der Waals surface area contributed by atoms with Crippen LogP contribution in [0.1, 0.15) is 57.9 Å². The third kappa shape index (κ3) is 4.84. The summed E-state index contributed by atoms with van der Waals surface area (Å²) in [6.45, 7) is 2.86. The second-order valence-corrected chi connectivity index (χ2v) is 7.64. The fraction of sp³-hybridized carbons (Fsp3) is 0.579. The number of carbonyl (C=O) groups is 1. The van der Waals surface area contributed by atoms with Crippen LogP contribution in [0.5, 0.6) is 0 Å². The molecule has 26 heavy (non-hydrogen) atoms. The van der Waals surface area contributed by atoms with Crippen LogP contribution < -0.4 is 5.32 Å². The van der Waals surface area contributed by atoms with Crippen molar-refractivity contribution in [2.45, 2.75) is 63.1 Å². The molecule has 2 aromatic heterocycles. The van der Waals surface area contributed by atoms with Crippen LogP contribution in [0.25, 0.3) is 11.4 Å². The maximum Gasteiger partial charge on any atom is 0.230 e. The van der Waals surface area contributed by atoms with E-state index in [-0.39, 0.29) is 5.91 Å². The molecule has 7 heteroatoms. The van der Waals surface area contributed by atoms with Gasteiger partial charge in [0.2, 0.25) is 5.91 Å². The summed E-state index contributed by atoms with van der Waals surface area (Å²) >= 11 is 1.48. The first kappa shape index (κ1) is 18.9. The standard InChI is InChI=1S/C19H27N5OS/c1-2-3-12-21-17(25)14-26-19-23-22-18(15-8-7-11-20-13-15)24(19)16-9-5-4-6-10-16/h7-8,11,13,16H,2-6,9-10,12,14H2,1H3,(H,21,25). The highest BCUT2D eigenvalue weighted by atomic mass is 32.2. The highest BCUT2D eigenvalue weighted by Crippen LogP contribution is 2.35. The van der Waals surface area contributed by atoms with E-state index in [1.807, 2.05) is 18.3 Å². The number of thioether (sulfide) groups is 1. The highest BCUT2D eigenvalue weighted by molar-refractivity contribution is 7.99. The Balaban J connectivity index is 1.76. The van der Waals surface area contributed by atoms with E-state index in [9.17, 15) is 4.79 Å². The fourth-order valence-electron chi connectivity index (χ4n) is 3.32. The Bertz CT molecular complexity index is 697. The van der Waals surface area contributed by atoms with Gasteiger partial charge in [0.25, 0.3) is 0 Å². The number of hydrogen-bond donors (Lipinski definition) is 1. The average molecular weight is 374 g/mol. The van der Waals surface area contributed by atoms with Gasteiger partial charge < -0.3 is 5.32 Å². The van der Waals surface area contributed by atoms with Crippen LogP contribution in [-0.2, 0) is 4.79 Å². The summed E-state index contributed by atoms with van der Waals surface area (Å²) in [5.74, 6) is 1.30. The SMILES string of the molecule is CCCCNC(=O)CSc1nnc(-c2cccnc2)n1C1CCCCC1. The molecule has 140 valence electrons. The van der Waals surface area contributed by atoms with E-state index in [1.54, 1.807) is 6.20 Å². The third-order valence-electron chi connectivity index (χ3n) is 4.71. The van der Waals surface area contributed by atoms with Gasteiger partial charge in [-0.2, -0.15) is 0 Å². The molecule has 0 radical (unpaired) electrons. The minimum atomic E-state index is 0.0598. The lowest BCUT2D eigenvalue weighted by Crippen LogP contribution is -2.26. The van der Waals surface area contributed by atoms with Crippen LogP contribution in [0.3, 0.4) is 0 Å². The molecule has 2 aromatic rings. The molecule has 1 N–H and O–H groups in total. The zero-order chi connectivity index (χ0) is 18.2. The molecule has 0 aliphatic heterocycles. The van der Waals surface area contributed by atoms with Gasteiger partial charge in [-0.3, -0.25) is 14.3 Å². The number of rotatable bonds is 8. The average Bonchev–Trinajstić information content (AvgIpc) is 3.12. The lowest BCUT2D eigenvalue weighted by Gasteiger charge is -2.25. The molecule has 1 aliphatic carbocycles. The van der Waals surface area contributed by atoms with Gasteiger partial charge in [-0.05, 0) is 31.4 Å². The van der Waals surface area contributed by atoms with E-state index < -0.39 is 0 Å². The van der Waals surface area contributed by atoms with E-state index >= 15 is 0 Å². The summed E-state index contributed by atoms with van der Waals surface area (Å²) in [5.41, 5.74) is 0.977. The largest absolute Gasteiger partial charge is 0.355 e. The van der Waals surface area contributed by atoms with Crippen LogP contribution in [-0.4, -0.2) is 38.0 Å². The Morgan fingerprint density at radius 2 is 2.15 bits per heavy atom. The van der Waals surface area contributed by atoms with Crippen molar-refractivity contribution in [3.05, 3.63) is 24.5 Å². The maximum atomic E-state index is 12.1. The molecule has 0 spiro atoms. The van der Waals surface area contributed by atoms with E-state index in [2.05, 4.69) is 32.0 Å². The van der Waals surface area contributed by atoms with Crippen LogP contribution in [0.4, 0.5) is 0 Å². The van der Waals surface area contributed by atoms with Crippen LogP contribution in [0.2, 0.25) is 0 Å². The van der Waals surface area contributed by atoms with Crippen molar-refractivity contribution in [3.63, 3.8) is 0 Å². The topological polar surface area (TPSA) is 72.7 Å². The minimum Gasteiger partial charge on any atom is -0.355 e. The molecule has 2 heterocycles. The summed E-state index contributed by atoms with van der Waals surface area (Å²) in [5, 5.41) is 12.6. The van der Waals surface area contributed by atoms with E-state index in [4.69, 9.17) is 0 Å². The number of unbranched alkanes of at least 4 members (excludes halogenated alkanes) is 1. The number of hydrogen-bond acceptors (Lipinski definition) is 5. The van der Waals surface area contributed by atoms with E-state index in [0.717, 1.165) is 48.8 Å². The Hall–Kier alpha value is -1.89. The van der Waals surface area contributed by atoms with Gasteiger partial charge in [0, 0.05) is 30.5 Å². The van der Waals surface area contributed by atoms with Crippen LogP contribution in [0.15, 0.2) is 29.7 Å². The molecule has 1 amide bonds. The van der Waals surface area contributed by atoms with E-state index in [1.165, 1.54) is 31.0 Å². The summed E-state index contributed by atoms with van der Waals surface area (Å²) in [7, 11) is 0. The Kier molecular flexibility index (Phi) is 7.05. The van der Waals surface area contributed by atoms with Crippen molar-refractivity contribution >= 4 is 17.7 Å². The minimum absolute atomic E-state index is 0.0598. The van der Waals surface area contributed by atoms with E-state index in [0.29, 0.717) is 11.8 Å². The van der Waals surface area contributed by atoms with Gasteiger partial charge in [-0.1, -0.05) is 44.4 Å². The van der Waals surface area contributed by atoms with Gasteiger partial charge in [0.05, 0.1) is 5.75 Å². The van der Waals surface area contributed by atoms with Gasteiger partial charge in [0.1, 0.15) is 0 Å². The van der Waals surface area contributed by atoms with Gasteiger partial charge in [-0.25, -0.2) is 0 Å². The first-order chi connectivity index (χ1) is 12.8. The van der Waals surface area contributed by atoms with Crippen molar-refractivity contribution < 1.29 is 4.79 Å². The van der Waals surface area contributed by atoms with Crippen molar-refractivity contribution in [2.75, 3.05) is 12.3 Å². The zero-order valence-corrected chi connectivity index (χ0v) is 16.2. The number of pyridine rings is 1. The molecule has 1 aliphatic rings. The highest BCUT2D eigenvalue weighted by Gasteiger charge is 2.24. The summed E-state index contributed by atoms with van der Waals surface area (Å²) in [6.07, 6.45) is 11.7. The molecule has 1 fully saturated rings. The Morgan fingerprint density at radius 1 is 1.31 bits per heavy atom. The molecule has 1 saturated carbocycles. The van der Waals surface area contributed by atoms with Gasteiger partial charge in [-0.15, -0.1) is 10.2 Å². The predicted molar refractivity (Wildman–Crippen MR) is 104 cm³/mol. The van der Waals surface area contributed by atoms with Crippen LogP contribution in [0, 0.1) is 0 Å². The molecular formula is C19H27N5OS. The summed E-state index contributed by atoms with van der Waals surface area (Å²) < 4.78 is 2.24. The fourth-order valence-corrected chi connectivity index (χ4v) is 4.16. The Labute approximate surface area is 159 Å². The molecule has 0 unspecified atom stereocenters. The maximum absolute atomic E-state index is 12.1. The van der Waals surface area contributed by atoms with Crippen molar-refractivity contribution in [1.82, 2.24) is 25.1 Å². The smallest absolute Gasteiger partial charge is 0.230 e. The molecule has 6 nitrogen and oxygen atoms in total. The molecule has 0 aromatic carbocycles. The number of aromatic nitrogens is 4. The molecule has 0 saturated heterocycles. The molecule has 3 rings (SSSR count). The monoisotopic (exact) mass is 373 g/mol. The van der Waals surface area contributed by atoms with Crippen molar-refractivity contribution in [3.8, 4) is 11.4 Å². The molecule has 0 bridgehead atoms. The third-order valence-corrected chi connectivity index (χ3v) is 5.65. The lowest BCUT2D eigenvalue weighted by atomic mass is 9.95.